The molecule has 3 aromatic carbocycles. The maximum absolute atomic E-state index is 14.0. The van der Waals surface area contributed by atoms with E-state index in [0.717, 1.165) is 45.6 Å². The summed E-state index contributed by atoms with van der Waals surface area (Å²) in [6, 6.07) is 21.9. The van der Waals surface area contributed by atoms with Crippen LogP contribution in [0.15, 0.2) is 88.2 Å². The minimum Gasteiger partial charge on any atom is -0.352 e. The van der Waals surface area contributed by atoms with Gasteiger partial charge in [-0.1, -0.05) is 83.2 Å². The van der Waals surface area contributed by atoms with Gasteiger partial charge in [0.05, 0.1) is 10.6 Å². The van der Waals surface area contributed by atoms with Crippen molar-refractivity contribution in [3.05, 3.63) is 94.5 Å². The van der Waals surface area contributed by atoms with Crippen molar-refractivity contribution in [2.75, 3.05) is 10.8 Å². The van der Waals surface area contributed by atoms with Gasteiger partial charge in [-0.15, -0.1) is 0 Å². The Morgan fingerprint density at radius 3 is 2.17 bits per heavy atom. The number of anilines is 1. The molecule has 212 valence electrons. The molecule has 1 atom stereocenters. The summed E-state index contributed by atoms with van der Waals surface area (Å²) in [6.07, 6.45) is 5.17. The number of carbonyl (C=O) groups excluding carboxylic acids is 2. The lowest BCUT2D eigenvalue weighted by Gasteiger charge is -2.33. The van der Waals surface area contributed by atoms with Crippen molar-refractivity contribution in [3.8, 4) is 0 Å². The summed E-state index contributed by atoms with van der Waals surface area (Å²) in [5, 5.41) is 3.13. The van der Waals surface area contributed by atoms with Crippen LogP contribution >= 0.6 is 15.9 Å². The standard InChI is InChI=1S/C31H36BrN3O4S/c1-23-13-15-25(16-14-23)21-34(24(2)31(37)33-27-9-5-3-6-10-27)30(36)22-35(28-19-17-26(32)18-20-28)40(38,39)29-11-7-4-8-12-29/h4,7-8,11-20,24,27H,3,5-6,9-10,21-22H2,1-2H3,(H,33,37)/t24-/m0/s1. The number of hydrogen-bond donors (Lipinski definition) is 1. The van der Waals surface area contributed by atoms with Crippen molar-refractivity contribution < 1.29 is 18.0 Å². The second kappa shape index (κ2) is 13.5. The van der Waals surface area contributed by atoms with E-state index in [9.17, 15) is 18.0 Å². The summed E-state index contributed by atoms with van der Waals surface area (Å²) in [5.41, 5.74) is 2.30. The predicted molar refractivity (Wildman–Crippen MR) is 161 cm³/mol. The number of carbonyl (C=O) groups is 2. The Balaban J connectivity index is 1.65. The number of rotatable bonds is 10. The molecule has 1 saturated carbocycles. The fourth-order valence-corrected chi connectivity index (χ4v) is 6.60. The molecule has 1 N–H and O–H groups in total. The highest BCUT2D eigenvalue weighted by Gasteiger charge is 2.33. The van der Waals surface area contributed by atoms with Crippen LogP contribution in [-0.4, -0.2) is 43.8 Å². The van der Waals surface area contributed by atoms with E-state index >= 15 is 0 Å². The Morgan fingerprint density at radius 2 is 1.55 bits per heavy atom. The van der Waals surface area contributed by atoms with Gasteiger partial charge in [0.2, 0.25) is 11.8 Å². The van der Waals surface area contributed by atoms with Gasteiger partial charge in [-0.2, -0.15) is 0 Å². The van der Waals surface area contributed by atoms with Crippen molar-refractivity contribution in [3.63, 3.8) is 0 Å². The topological polar surface area (TPSA) is 86.8 Å². The molecule has 3 aromatic rings. The van der Waals surface area contributed by atoms with Gasteiger partial charge in [0.1, 0.15) is 12.6 Å². The Morgan fingerprint density at radius 1 is 0.925 bits per heavy atom. The number of nitrogens with zero attached hydrogens (tertiary/aromatic N) is 2. The van der Waals surface area contributed by atoms with E-state index in [-0.39, 0.29) is 23.4 Å². The quantitative estimate of drug-likeness (QED) is 0.308. The van der Waals surface area contributed by atoms with Crippen LogP contribution in [0.4, 0.5) is 5.69 Å². The normalized spacial score (nSPS) is 14.8. The highest BCUT2D eigenvalue weighted by molar-refractivity contribution is 9.10. The molecule has 2 amide bonds. The SMILES string of the molecule is Cc1ccc(CN(C(=O)CN(c2ccc(Br)cc2)S(=O)(=O)c2ccccc2)[C@@H](C)C(=O)NC2CCCCC2)cc1. The number of halogens is 1. The van der Waals surface area contributed by atoms with Crippen molar-refractivity contribution >= 4 is 43.5 Å². The third kappa shape index (κ3) is 7.52. The van der Waals surface area contributed by atoms with E-state index < -0.39 is 28.5 Å². The number of aryl methyl sites for hydroxylation is 1. The zero-order chi connectivity index (χ0) is 28.7. The average Bonchev–Trinajstić information content (AvgIpc) is 2.96. The fraction of sp³-hybridized carbons (Fsp3) is 0.355. The van der Waals surface area contributed by atoms with Crippen LogP contribution in [0.2, 0.25) is 0 Å². The second-order valence-corrected chi connectivity index (χ2v) is 13.1. The summed E-state index contributed by atoms with van der Waals surface area (Å²) in [7, 11) is -4.07. The summed E-state index contributed by atoms with van der Waals surface area (Å²) in [6.45, 7) is 3.42. The molecule has 1 aliphatic carbocycles. The van der Waals surface area contributed by atoms with Crippen LogP contribution in [0.3, 0.4) is 0 Å². The van der Waals surface area contributed by atoms with Crippen molar-refractivity contribution in [2.24, 2.45) is 0 Å². The molecule has 0 saturated heterocycles. The van der Waals surface area contributed by atoms with Gasteiger partial charge in [-0.05, 0) is 68.7 Å². The summed E-state index contributed by atoms with van der Waals surface area (Å²) in [5.74, 6) is -0.692. The second-order valence-electron chi connectivity index (χ2n) is 10.3. The van der Waals surface area contributed by atoms with Gasteiger partial charge in [-0.25, -0.2) is 8.42 Å². The first-order valence-corrected chi connectivity index (χ1v) is 15.9. The maximum atomic E-state index is 14.0. The van der Waals surface area contributed by atoms with Crippen molar-refractivity contribution in [2.45, 2.75) is 69.5 Å². The van der Waals surface area contributed by atoms with E-state index in [1.165, 1.54) is 23.5 Å². The molecule has 40 heavy (non-hydrogen) atoms. The lowest BCUT2D eigenvalue weighted by Crippen LogP contribution is -2.53. The average molecular weight is 627 g/mol. The van der Waals surface area contributed by atoms with Gasteiger partial charge in [0, 0.05) is 17.1 Å². The molecule has 0 spiro atoms. The first kappa shape index (κ1) is 29.8. The van der Waals surface area contributed by atoms with Crippen LogP contribution in [0.5, 0.6) is 0 Å². The van der Waals surface area contributed by atoms with E-state index in [2.05, 4.69) is 21.2 Å². The highest BCUT2D eigenvalue weighted by atomic mass is 79.9. The minimum absolute atomic E-state index is 0.0823. The molecule has 0 aliphatic heterocycles. The van der Waals surface area contributed by atoms with E-state index in [1.54, 1.807) is 49.4 Å². The van der Waals surface area contributed by atoms with Crippen LogP contribution in [0.1, 0.15) is 50.2 Å². The molecule has 7 nitrogen and oxygen atoms in total. The smallest absolute Gasteiger partial charge is 0.264 e. The van der Waals surface area contributed by atoms with E-state index in [0.29, 0.717) is 5.69 Å². The number of hydrogen-bond acceptors (Lipinski definition) is 4. The zero-order valence-electron chi connectivity index (χ0n) is 22.9. The summed E-state index contributed by atoms with van der Waals surface area (Å²) < 4.78 is 29.5. The number of amides is 2. The number of sulfonamides is 1. The van der Waals surface area contributed by atoms with Crippen LogP contribution in [0, 0.1) is 6.92 Å². The lowest BCUT2D eigenvalue weighted by molar-refractivity contribution is -0.139. The minimum atomic E-state index is -4.07. The van der Waals surface area contributed by atoms with Gasteiger partial charge in [0.25, 0.3) is 10.0 Å². The third-order valence-corrected chi connectivity index (χ3v) is 9.63. The molecule has 0 heterocycles. The van der Waals surface area contributed by atoms with Crippen LogP contribution in [-0.2, 0) is 26.2 Å². The van der Waals surface area contributed by atoms with Gasteiger partial charge < -0.3 is 10.2 Å². The molecule has 1 aliphatic rings. The van der Waals surface area contributed by atoms with Crippen LogP contribution < -0.4 is 9.62 Å². The zero-order valence-corrected chi connectivity index (χ0v) is 25.3. The predicted octanol–water partition coefficient (Wildman–Crippen LogP) is 5.82. The fourth-order valence-electron chi connectivity index (χ4n) is 4.90. The molecular weight excluding hydrogens is 590 g/mol. The maximum Gasteiger partial charge on any atom is 0.264 e. The van der Waals surface area contributed by atoms with Gasteiger partial charge >= 0.3 is 0 Å². The van der Waals surface area contributed by atoms with Gasteiger partial charge in [-0.3, -0.25) is 13.9 Å². The molecule has 0 aromatic heterocycles. The highest BCUT2D eigenvalue weighted by Crippen LogP contribution is 2.26. The Hall–Kier alpha value is -3.17. The summed E-state index contributed by atoms with van der Waals surface area (Å²) >= 11 is 3.39. The molecule has 0 radical (unpaired) electrons. The Kier molecular flexibility index (Phi) is 10.0. The first-order valence-electron chi connectivity index (χ1n) is 13.6. The molecule has 9 heteroatoms. The van der Waals surface area contributed by atoms with E-state index in [1.807, 2.05) is 31.2 Å². The van der Waals surface area contributed by atoms with Crippen LogP contribution in [0.25, 0.3) is 0 Å². The van der Waals surface area contributed by atoms with Crippen molar-refractivity contribution in [1.29, 1.82) is 0 Å². The monoisotopic (exact) mass is 625 g/mol. The number of nitrogens with one attached hydrogen (secondary N) is 1. The Bertz CT molecular complexity index is 1390. The van der Waals surface area contributed by atoms with Gasteiger partial charge in [0.15, 0.2) is 0 Å². The Labute approximate surface area is 245 Å². The number of benzene rings is 3. The molecule has 0 bridgehead atoms. The lowest BCUT2D eigenvalue weighted by atomic mass is 9.95. The molecule has 0 unspecified atom stereocenters. The third-order valence-electron chi connectivity index (χ3n) is 7.32. The van der Waals surface area contributed by atoms with E-state index in [4.69, 9.17) is 0 Å². The van der Waals surface area contributed by atoms with Crippen molar-refractivity contribution in [1.82, 2.24) is 10.2 Å². The summed E-state index contributed by atoms with van der Waals surface area (Å²) in [4.78, 5) is 28.9. The molecular formula is C31H36BrN3O4S. The first-order chi connectivity index (χ1) is 19.1. The molecule has 1 fully saturated rings. The molecule has 4 rings (SSSR count). The largest absolute Gasteiger partial charge is 0.352 e.